The Hall–Kier alpha value is -2.90. The number of alkyl halides is 3. The summed E-state index contributed by atoms with van der Waals surface area (Å²) in [6.45, 7) is 4.01. The summed E-state index contributed by atoms with van der Waals surface area (Å²) in [5.74, 6) is -2.73. The van der Waals surface area contributed by atoms with Gasteiger partial charge >= 0.3 is 12.1 Å². The van der Waals surface area contributed by atoms with Crippen LogP contribution in [0.25, 0.3) is 16.5 Å². The lowest BCUT2D eigenvalue weighted by Crippen LogP contribution is -2.26. The number of pyridine rings is 1. The maximum absolute atomic E-state index is 12.9. The van der Waals surface area contributed by atoms with Gasteiger partial charge < -0.3 is 10.4 Å². The van der Waals surface area contributed by atoms with Crippen molar-refractivity contribution in [3.63, 3.8) is 0 Å². The highest BCUT2D eigenvalue weighted by Crippen LogP contribution is 2.40. The molecule has 3 rings (SSSR count). The van der Waals surface area contributed by atoms with Crippen LogP contribution in [-0.4, -0.2) is 34.7 Å². The van der Waals surface area contributed by atoms with Crippen molar-refractivity contribution in [3.05, 3.63) is 47.7 Å². The first-order valence-corrected chi connectivity index (χ1v) is 9.90. The van der Waals surface area contributed by atoms with Crippen molar-refractivity contribution in [3.8, 4) is 0 Å². The van der Waals surface area contributed by atoms with Crippen molar-refractivity contribution in [2.75, 3.05) is 6.54 Å². The molecule has 1 atom stereocenters. The lowest BCUT2D eigenvalue weighted by atomic mass is 9.85. The molecule has 8 heteroatoms. The van der Waals surface area contributed by atoms with E-state index in [4.69, 9.17) is 5.11 Å². The first kappa shape index (κ1) is 23.4. The standard InChI is InChI=1S/C20H19F3N2O3.C2H6/c21-20(22,23)15-6-4-12(5-7-15)16-3-1-2-13-10-14(11-25-18(13)16)19(28)24-9-8-17(26)27;1-2/h1-4,10-11,15H,5-9H2,(H,24,28)(H,26,27);1-2H3. The molecule has 1 aliphatic rings. The van der Waals surface area contributed by atoms with Crippen molar-refractivity contribution >= 4 is 28.4 Å². The molecule has 2 N–H and O–H groups in total. The summed E-state index contributed by atoms with van der Waals surface area (Å²) in [5.41, 5.74) is 2.53. The highest BCUT2D eigenvalue weighted by molar-refractivity contribution is 5.99. The van der Waals surface area contributed by atoms with Crippen LogP contribution in [0.5, 0.6) is 0 Å². The number of aliphatic carboxylic acids is 1. The van der Waals surface area contributed by atoms with Gasteiger partial charge in [0.2, 0.25) is 0 Å². The normalized spacial score (nSPS) is 16.3. The fraction of sp³-hybridized carbons (Fsp3) is 0.409. The van der Waals surface area contributed by atoms with Gasteiger partial charge in [0.15, 0.2) is 0 Å². The molecule has 0 radical (unpaired) electrons. The summed E-state index contributed by atoms with van der Waals surface area (Å²) in [6, 6.07) is 7.02. The number of carbonyl (C=O) groups excluding carboxylic acids is 1. The van der Waals surface area contributed by atoms with E-state index in [1.165, 1.54) is 6.20 Å². The number of allylic oxidation sites excluding steroid dienone is 2. The maximum atomic E-state index is 12.9. The summed E-state index contributed by atoms with van der Waals surface area (Å²) in [4.78, 5) is 27.0. The number of nitrogens with one attached hydrogen (secondary N) is 1. The van der Waals surface area contributed by atoms with E-state index in [0.29, 0.717) is 22.9 Å². The molecule has 1 aliphatic carbocycles. The number of fused-ring (bicyclic) bond motifs is 1. The number of para-hydroxylation sites is 1. The SMILES string of the molecule is CC.O=C(O)CCNC(=O)c1cnc2c(C3=CCC(C(F)(F)F)CC3)cccc2c1. The minimum atomic E-state index is -4.18. The number of halogens is 3. The molecule has 0 bridgehead atoms. The highest BCUT2D eigenvalue weighted by atomic mass is 19.4. The van der Waals surface area contributed by atoms with Crippen molar-refractivity contribution in [1.29, 1.82) is 0 Å². The molecule has 0 saturated heterocycles. The van der Waals surface area contributed by atoms with Crippen molar-refractivity contribution in [2.24, 2.45) is 5.92 Å². The number of nitrogens with zero attached hydrogens (tertiary/aromatic N) is 1. The Kier molecular flexibility index (Phi) is 7.97. The number of hydrogen-bond acceptors (Lipinski definition) is 3. The predicted octanol–water partition coefficient (Wildman–Crippen LogP) is 5.21. The zero-order valence-corrected chi connectivity index (χ0v) is 16.9. The fourth-order valence-corrected chi connectivity index (χ4v) is 3.31. The molecule has 162 valence electrons. The first-order chi connectivity index (χ1) is 14.3. The van der Waals surface area contributed by atoms with Crippen molar-refractivity contribution < 1.29 is 27.9 Å². The molecule has 30 heavy (non-hydrogen) atoms. The molecule has 1 aromatic heterocycles. The van der Waals surface area contributed by atoms with Gasteiger partial charge in [0.25, 0.3) is 5.91 Å². The van der Waals surface area contributed by atoms with E-state index in [2.05, 4.69) is 10.3 Å². The Balaban J connectivity index is 0.00000155. The van der Waals surface area contributed by atoms with Crippen LogP contribution in [0.3, 0.4) is 0 Å². The number of benzene rings is 1. The monoisotopic (exact) mass is 422 g/mol. The van der Waals surface area contributed by atoms with E-state index in [1.807, 2.05) is 19.9 Å². The molecule has 1 unspecified atom stereocenters. The van der Waals surface area contributed by atoms with Crippen molar-refractivity contribution in [1.82, 2.24) is 10.3 Å². The van der Waals surface area contributed by atoms with Crippen LogP contribution in [0.15, 0.2) is 36.5 Å². The average Bonchev–Trinajstić information content (AvgIpc) is 2.73. The Labute approximate surface area is 173 Å². The topological polar surface area (TPSA) is 79.3 Å². The van der Waals surface area contributed by atoms with Crippen LogP contribution in [0.4, 0.5) is 13.2 Å². The quantitative estimate of drug-likeness (QED) is 0.693. The van der Waals surface area contributed by atoms with Crippen LogP contribution < -0.4 is 5.32 Å². The average molecular weight is 422 g/mol. The summed E-state index contributed by atoms with van der Waals surface area (Å²) < 4.78 is 38.6. The number of rotatable bonds is 5. The lowest BCUT2D eigenvalue weighted by Gasteiger charge is -2.24. The van der Waals surface area contributed by atoms with E-state index in [0.717, 1.165) is 11.1 Å². The van der Waals surface area contributed by atoms with Gasteiger partial charge in [-0.25, -0.2) is 0 Å². The molecule has 1 aromatic carbocycles. The van der Waals surface area contributed by atoms with E-state index >= 15 is 0 Å². The van der Waals surface area contributed by atoms with Crippen LogP contribution in [-0.2, 0) is 4.79 Å². The second-order valence-electron chi connectivity index (χ2n) is 6.74. The molecule has 0 spiro atoms. The van der Waals surface area contributed by atoms with Gasteiger partial charge in [-0.2, -0.15) is 13.2 Å². The van der Waals surface area contributed by atoms with Gasteiger partial charge in [-0.3, -0.25) is 14.6 Å². The molecule has 5 nitrogen and oxygen atoms in total. The van der Waals surface area contributed by atoms with Crippen LogP contribution in [0, 0.1) is 5.92 Å². The molecular formula is C22H25F3N2O3. The number of carboxylic acids is 1. The van der Waals surface area contributed by atoms with Gasteiger partial charge in [-0.1, -0.05) is 38.1 Å². The van der Waals surface area contributed by atoms with Gasteiger partial charge in [-0.15, -0.1) is 0 Å². The number of amides is 1. The predicted molar refractivity (Wildman–Crippen MR) is 109 cm³/mol. The molecule has 2 aromatic rings. The minimum Gasteiger partial charge on any atom is -0.481 e. The largest absolute Gasteiger partial charge is 0.481 e. The first-order valence-electron chi connectivity index (χ1n) is 9.90. The number of aromatic nitrogens is 1. The highest BCUT2D eigenvalue weighted by Gasteiger charge is 2.39. The molecule has 0 fully saturated rings. The third kappa shape index (κ3) is 5.81. The molecule has 0 saturated carbocycles. The van der Waals surface area contributed by atoms with E-state index in [-0.39, 0.29) is 25.8 Å². The number of carbonyl (C=O) groups is 2. The second kappa shape index (κ2) is 10.2. The summed E-state index contributed by atoms with van der Waals surface area (Å²) in [6.07, 6.45) is -1.00. The summed E-state index contributed by atoms with van der Waals surface area (Å²) in [7, 11) is 0. The Morgan fingerprint density at radius 2 is 2.00 bits per heavy atom. The van der Waals surface area contributed by atoms with E-state index in [9.17, 15) is 22.8 Å². The number of carboxylic acid groups (broad SMARTS) is 1. The Bertz CT molecular complexity index is 939. The molecular weight excluding hydrogens is 397 g/mol. The summed E-state index contributed by atoms with van der Waals surface area (Å²) in [5, 5.41) is 11.8. The Morgan fingerprint density at radius 3 is 2.60 bits per heavy atom. The molecule has 0 aliphatic heterocycles. The van der Waals surface area contributed by atoms with Crippen molar-refractivity contribution in [2.45, 2.75) is 45.7 Å². The van der Waals surface area contributed by atoms with Gasteiger partial charge in [0, 0.05) is 23.7 Å². The third-order valence-electron chi connectivity index (χ3n) is 4.82. The minimum absolute atomic E-state index is 0.0134. The van der Waals surface area contributed by atoms with Gasteiger partial charge in [0.05, 0.1) is 23.4 Å². The van der Waals surface area contributed by atoms with Crippen LogP contribution in [0.2, 0.25) is 0 Å². The second-order valence-corrected chi connectivity index (χ2v) is 6.74. The van der Waals surface area contributed by atoms with Gasteiger partial charge in [-0.05, 0) is 30.9 Å². The smallest absolute Gasteiger partial charge is 0.392 e. The van der Waals surface area contributed by atoms with E-state index in [1.54, 1.807) is 24.3 Å². The van der Waals surface area contributed by atoms with E-state index < -0.39 is 24.0 Å². The third-order valence-corrected chi connectivity index (χ3v) is 4.82. The number of hydrogen-bond donors (Lipinski definition) is 2. The zero-order chi connectivity index (χ0) is 22.3. The van der Waals surface area contributed by atoms with Crippen LogP contribution in [0.1, 0.15) is 55.5 Å². The lowest BCUT2D eigenvalue weighted by molar-refractivity contribution is -0.175. The van der Waals surface area contributed by atoms with Crippen LogP contribution >= 0.6 is 0 Å². The zero-order valence-electron chi connectivity index (χ0n) is 16.9. The molecule has 1 amide bonds. The maximum Gasteiger partial charge on any atom is 0.392 e. The molecule has 1 heterocycles. The Morgan fingerprint density at radius 1 is 1.27 bits per heavy atom. The fourth-order valence-electron chi connectivity index (χ4n) is 3.31. The summed E-state index contributed by atoms with van der Waals surface area (Å²) >= 11 is 0. The van der Waals surface area contributed by atoms with Gasteiger partial charge in [0.1, 0.15) is 0 Å².